The minimum atomic E-state index is -1.11. The molecule has 0 N–H and O–H groups in total. The summed E-state index contributed by atoms with van der Waals surface area (Å²) in [5, 5.41) is 0.553. The molecule has 2 nitrogen and oxygen atoms in total. The SMILES string of the molecule is C#C[C@@H](c1cccc(Cl)c1)C1(C)C(=O)CCCC1=O. The number of ketones is 2. The lowest BCUT2D eigenvalue weighted by Crippen LogP contribution is -2.44. The van der Waals surface area contributed by atoms with E-state index in [1.807, 2.05) is 6.07 Å². The monoisotopic (exact) mass is 274 g/mol. The Balaban J connectivity index is 2.49. The first-order valence-corrected chi connectivity index (χ1v) is 6.66. The maximum Gasteiger partial charge on any atom is 0.147 e. The van der Waals surface area contributed by atoms with Crippen molar-refractivity contribution in [2.75, 3.05) is 0 Å². The summed E-state index contributed by atoms with van der Waals surface area (Å²) in [5.74, 6) is 1.94. The van der Waals surface area contributed by atoms with Gasteiger partial charge in [0, 0.05) is 17.9 Å². The van der Waals surface area contributed by atoms with Crippen LogP contribution in [0.15, 0.2) is 24.3 Å². The lowest BCUT2D eigenvalue weighted by Gasteiger charge is -2.35. The van der Waals surface area contributed by atoms with Crippen LogP contribution < -0.4 is 0 Å². The predicted octanol–water partition coefficient (Wildman–Crippen LogP) is 3.39. The lowest BCUT2D eigenvalue weighted by molar-refractivity contribution is -0.143. The zero-order valence-corrected chi connectivity index (χ0v) is 11.5. The molecule has 1 saturated carbocycles. The van der Waals surface area contributed by atoms with E-state index in [9.17, 15) is 9.59 Å². The molecule has 0 amide bonds. The summed E-state index contributed by atoms with van der Waals surface area (Å²) < 4.78 is 0. The van der Waals surface area contributed by atoms with Crippen molar-refractivity contribution in [3.63, 3.8) is 0 Å². The van der Waals surface area contributed by atoms with Crippen LogP contribution in [0, 0.1) is 17.8 Å². The van der Waals surface area contributed by atoms with Gasteiger partial charge >= 0.3 is 0 Å². The fourth-order valence-electron chi connectivity index (χ4n) is 2.69. The van der Waals surface area contributed by atoms with Crippen molar-refractivity contribution < 1.29 is 9.59 Å². The van der Waals surface area contributed by atoms with Crippen LogP contribution in [0.2, 0.25) is 5.02 Å². The zero-order valence-electron chi connectivity index (χ0n) is 10.8. The standard InChI is InChI=1S/C16H15ClO2/c1-3-13(11-6-4-7-12(17)10-11)16(2)14(18)8-5-9-15(16)19/h1,4,6-7,10,13H,5,8-9H2,2H3/t13-/m0/s1. The van der Waals surface area contributed by atoms with Crippen LogP contribution in [-0.2, 0) is 9.59 Å². The first kappa shape index (κ1) is 13.8. The number of carbonyl (C=O) groups excluding carboxylic acids is 2. The highest BCUT2D eigenvalue weighted by Crippen LogP contribution is 2.42. The summed E-state index contributed by atoms with van der Waals surface area (Å²) in [7, 11) is 0. The van der Waals surface area contributed by atoms with Crippen molar-refractivity contribution in [2.24, 2.45) is 5.41 Å². The molecule has 3 heteroatoms. The molecular weight excluding hydrogens is 260 g/mol. The molecular formula is C16H15ClO2. The molecule has 1 atom stereocenters. The highest BCUT2D eigenvalue weighted by atomic mass is 35.5. The second-order valence-corrected chi connectivity index (χ2v) is 5.49. The van der Waals surface area contributed by atoms with Crippen LogP contribution in [-0.4, -0.2) is 11.6 Å². The molecule has 0 aliphatic heterocycles. The Labute approximate surface area is 118 Å². The molecule has 0 unspecified atom stereocenters. The third-order valence-electron chi connectivity index (χ3n) is 3.89. The highest BCUT2D eigenvalue weighted by Gasteiger charge is 2.48. The number of terminal acetylenes is 1. The van der Waals surface area contributed by atoms with E-state index in [-0.39, 0.29) is 11.6 Å². The first-order chi connectivity index (χ1) is 9.00. The molecule has 1 aromatic rings. The van der Waals surface area contributed by atoms with Crippen molar-refractivity contribution in [1.29, 1.82) is 0 Å². The van der Waals surface area contributed by atoms with Gasteiger partial charge in [0.25, 0.3) is 0 Å². The van der Waals surface area contributed by atoms with Gasteiger partial charge in [-0.1, -0.05) is 29.7 Å². The van der Waals surface area contributed by atoms with Gasteiger partial charge in [-0.25, -0.2) is 0 Å². The number of halogens is 1. The van der Waals surface area contributed by atoms with E-state index in [4.69, 9.17) is 18.0 Å². The van der Waals surface area contributed by atoms with E-state index in [1.54, 1.807) is 25.1 Å². The Kier molecular flexibility index (Phi) is 3.78. The number of hydrogen-bond acceptors (Lipinski definition) is 2. The fourth-order valence-corrected chi connectivity index (χ4v) is 2.89. The summed E-state index contributed by atoms with van der Waals surface area (Å²) in [4.78, 5) is 24.5. The number of benzene rings is 1. The number of hydrogen-bond donors (Lipinski definition) is 0. The minimum absolute atomic E-state index is 0.0633. The van der Waals surface area contributed by atoms with Gasteiger partial charge in [-0.05, 0) is 31.0 Å². The molecule has 1 aliphatic rings. The molecule has 98 valence electrons. The maximum atomic E-state index is 12.2. The Bertz CT molecular complexity index is 552. The molecule has 0 aromatic heterocycles. The minimum Gasteiger partial charge on any atom is -0.299 e. The predicted molar refractivity (Wildman–Crippen MR) is 75.0 cm³/mol. The van der Waals surface area contributed by atoms with Crippen LogP contribution in [0.1, 0.15) is 37.7 Å². The molecule has 2 rings (SSSR count). The molecule has 1 fully saturated rings. The summed E-state index contributed by atoms with van der Waals surface area (Å²) in [6.07, 6.45) is 7.06. The summed E-state index contributed by atoms with van der Waals surface area (Å²) in [6, 6.07) is 7.07. The van der Waals surface area contributed by atoms with Gasteiger partial charge in [0.1, 0.15) is 17.0 Å². The van der Waals surface area contributed by atoms with Gasteiger partial charge < -0.3 is 0 Å². The fraction of sp³-hybridized carbons (Fsp3) is 0.375. The topological polar surface area (TPSA) is 34.1 Å². The smallest absolute Gasteiger partial charge is 0.147 e. The third kappa shape index (κ3) is 2.31. The molecule has 0 saturated heterocycles. The van der Waals surface area contributed by atoms with Gasteiger partial charge in [0.05, 0.1) is 5.92 Å². The molecule has 0 spiro atoms. The van der Waals surface area contributed by atoms with Crippen LogP contribution in [0.3, 0.4) is 0 Å². The van der Waals surface area contributed by atoms with Crippen molar-refractivity contribution in [3.8, 4) is 12.3 Å². The van der Waals surface area contributed by atoms with E-state index in [2.05, 4.69) is 5.92 Å². The van der Waals surface area contributed by atoms with E-state index in [1.165, 1.54) is 0 Å². The highest BCUT2D eigenvalue weighted by molar-refractivity contribution is 6.30. The van der Waals surface area contributed by atoms with Crippen molar-refractivity contribution in [3.05, 3.63) is 34.9 Å². The quantitative estimate of drug-likeness (QED) is 0.612. The molecule has 19 heavy (non-hydrogen) atoms. The van der Waals surface area contributed by atoms with Gasteiger partial charge in [-0.3, -0.25) is 9.59 Å². The molecule has 0 heterocycles. The van der Waals surface area contributed by atoms with E-state index in [0.717, 1.165) is 5.56 Å². The average molecular weight is 275 g/mol. The van der Waals surface area contributed by atoms with E-state index in [0.29, 0.717) is 24.3 Å². The van der Waals surface area contributed by atoms with Gasteiger partial charge in [0.2, 0.25) is 0 Å². The Morgan fingerprint density at radius 3 is 2.47 bits per heavy atom. The van der Waals surface area contributed by atoms with Gasteiger partial charge in [-0.15, -0.1) is 6.42 Å². The number of rotatable bonds is 2. The lowest BCUT2D eigenvalue weighted by atomic mass is 9.64. The molecule has 1 aliphatic carbocycles. The summed E-state index contributed by atoms with van der Waals surface area (Å²) in [5.41, 5.74) is -0.362. The van der Waals surface area contributed by atoms with Gasteiger partial charge in [0.15, 0.2) is 0 Å². The van der Waals surface area contributed by atoms with Crippen molar-refractivity contribution >= 4 is 23.2 Å². The summed E-state index contributed by atoms with van der Waals surface area (Å²) >= 11 is 5.96. The number of carbonyl (C=O) groups is 2. The Morgan fingerprint density at radius 2 is 1.95 bits per heavy atom. The zero-order chi connectivity index (χ0) is 14.0. The largest absolute Gasteiger partial charge is 0.299 e. The average Bonchev–Trinajstić information content (AvgIpc) is 2.37. The first-order valence-electron chi connectivity index (χ1n) is 6.28. The third-order valence-corrected chi connectivity index (χ3v) is 4.13. The maximum absolute atomic E-state index is 12.2. The van der Waals surface area contributed by atoms with Crippen LogP contribution in [0.25, 0.3) is 0 Å². The second-order valence-electron chi connectivity index (χ2n) is 5.06. The van der Waals surface area contributed by atoms with Crippen LogP contribution in [0.5, 0.6) is 0 Å². The number of Topliss-reactive ketones (excluding diaryl/α,β-unsaturated/α-hetero) is 2. The van der Waals surface area contributed by atoms with Crippen LogP contribution in [0.4, 0.5) is 0 Å². The molecule has 0 bridgehead atoms. The molecule has 0 radical (unpaired) electrons. The van der Waals surface area contributed by atoms with Crippen molar-refractivity contribution in [2.45, 2.75) is 32.1 Å². The van der Waals surface area contributed by atoms with E-state index >= 15 is 0 Å². The summed E-state index contributed by atoms with van der Waals surface area (Å²) in [6.45, 7) is 1.67. The van der Waals surface area contributed by atoms with Gasteiger partial charge in [-0.2, -0.15) is 0 Å². The Morgan fingerprint density at radius 1 is 1.32 bits per heavy atom. The van der Waals surface area contributed by atoms with Crippen molar-refractivity contribution in [1.82, 2.24) is 0 Å². The molecule has 1 aromatic carbocycles. The van der Waals surface area contributed by atoms with E-state index < -0.39 is 11.3 Å². The Hall–Kier alpha value is -1.59. The van der Waals surface area contributed by atoms with Crippen LogP contribution >= 0.6 is 11.6 Å². The second kappa shape index (κ2) is 5.19. The normalized spacial score (nSPS) is 19.8.